The maximum atomic E-state index is 5.12. The van der Waals surface area contributed by atoms with Gasteiger partial charge in [-0.15, -0.1) is 0 Å². The Hall–Kier alpha value is -1.39. The Kier molecular flexibility index (Phi) is 5.89. The van der Waals surface area contributed by atoms with Gasteiger partial charge in [-0.2, -0.15) is 0 Å². The Morgan fingerprint density at radius 2 is 1.81 bits per heavy atom. The number of hydrogen-bond donors (Lipinski definition) is 1. The van der Waals surface area contributed by atoms with Crippen molar-refractivity contribution in [3.63, 3.8) is 0 Å². The SMILES string of the molecule is C[C@@H]1CC[C@@H](CN2CCC(n3c([C@@H]4CCNC4)nc4ccccc43)CC2)[C@H](C)C1(C)C. The highest BCUT2D eigenvalue weighted by molar-refractivity contribution is 5.76. The summed E-state index contributed by atoms with van der Waals surface area (Å²) in [5.41, 5.74) is 3.00. The monoisotopic (exact) mass is 422 g/mol. The molecule has 4 heteroatoms. The number of rotatable bonds is 4. The number of nitrogens with zero attached hydrogens (tertiary/aromatic N) is 3. The van der Waals surface area contributed by atoms with Crippen LogP contribution in [0.1, 0.15) is 77.6 Å². The first-order chi connectivity index (χ1) is 14.9. The summed E-state index contributed by atoms with van der Waals surface area (Å²) in [6.07, 6.45) is 6.55. The molecule has 1 saturated carbocycles. The van der Waals surface area contributed by atoms with E-state index in [-0.39, 0.29) is 0 Å². The molecule has 3 fully saturated rings. The van der Waals surface area contributed by atoms with E-state index in [1.54, 1.807) is 0 Å². The highest BCUT2D eigenvalue weighted by Gasteiger charge is 2.41. The lowest BCUT2D eigenvalue weighted by Crippen LogP contribution is -2.45. The topological polar surface area (TPSA) is 33.1 Å². The zero-order valence-corrected chi connectivity index (χ0v) is 20.1. The number of piperidine rings is 1. The molecule has 3 heterocycles. The number of hydrogen-bond acceptors (Lipinski definition) is 3. The van der Waals surface area contributed by atoms with Crippen molar-refractivity contribution < 1.29 is 0 Å². The van der Waals surface area contributed by atoms with E-state index in [0.29, 0.717) is 17.4 Å². The summed E-state index contributed by atoms with van der Waals surface area (Å²) in [5, 5.41) is 3.55. The third-order valence-corrected chi connectivity index (χ3v) is 9.58. The highest BCUT2D eigenvalue weighted by Crippen LogP contribution is 2.48. The third-order valence-electron chi connectivity index (χ3n) is 9.58. The van der Waals surface area contributed by atoms with Gasteiger partial charge in [0.25, 0.3) is 0 Å². The van der Waals surface area contributed by atoms with E-state index in [1.807, 2.05) is 0 Å². The quantitative estimate of drug-likeness (QED) is 0.710. The first-order valence-electron chi connectivity index (χ1n) is 12.8. The zero-order valence-electron chi connectivity index (χ0n) is 20.1. The molecule has 1 aromatic carbocycles. The summed E-state index contributed by atoms with van der Waals surface area (Å²) >= 11 is 0. The summed E-state index contributed by atoms with van der Waals surface area (Å²) < 4.78 is 2.64. The fourth-order valence-electron chi connectivity index (χ4n) is 6.69. The molecule has 1 aromatic heterocycles. The van der Waals surface area contributed by atoms with Crippen molar-refractivity contribution in [1.29, 1.82) is 0 Å². The molecule has 1 aliphatic carbocycles. The van der Waals surface area contributed by atoms with Crippen LogP contribution in [0.15, 0.2) is 24.3 Å². The minimum Gasteiger partial charge on any atom is -0.324 e. The fraction of sp³-hybridized carbons (Fsp3) is 0.741. The Bertz CT molecular complexity index is 886. The van der Waals surface area contributed by atoms with Gasteiger partial charge in [-0.3, -0.25) is 0 Å². The van der Waals surface area contributed by atoms with E-state index in [2.05, 4.69) is 66.7 Å². The van der Waals surface area contributed by atoms with Crippen LogP contribution in [-0.4, -0.2) is 47.2 Å². The third kappa shape index (κ3) is 3.95. The first-order valence-corrected chi connectivity index (χ1v) is 12.8. The van der Waals surface area contributed by atoms with Crippen LogP contribution in [-0.2, 0) is 0 Å². The predicted molar refractivity (Wildman–Crippen MR) is 130 cm³/mol. The summed E-state index contributed by atoms with van der Waals surface area (Å²) in [7, 11) is 0. The van der Waals surface area contributed by atoms with Gasteiger partial charge in [0.05, 0.1) is 11.0 Å². The number of imidazole rings is 1. The molecule has 0 spiro atoms. The van der Waals surface area contributed by atoms with Crippen molar-refractivity contribution in [3.05, 3.63) is 30.1 Å². The van der Waals surface area contributed by atoms with Crippen LogP contribution in [0.4, 0.5) is 0 Å². The second-order valence-corrected chi connectivity index (χ2v) is 11.4. The number of benzene rings is 1. The first kappa shape index (κ1) is 21.5. The van der Waals surface area contributed by atoms with Crippen LogP contribution < -0.4 is 5.32 Å². The van der Waals surface area contributed by atoms with Crippen molar-refractivity contribution >= 4 is 11.0 Å². The van der Waals surface area contributed by atoms with E-state index in [4.69, 9.17) is 4.98 Å². The number of para-hydroxylation sites is 2. The molecule has 0 radical (unpaired) electrons. The van der Waals surface area contributed by atoms with Gasteiger partial charge < -0.3 is 14.8 Å². The van der Waals surface area contributed by atoms with Crippen LogP contribution in [0.3, 0.4) is 0 Å². The maximum Gasteiger partial charge on any atom is 0.114 e. The molecule has 1 N–H and O–H groups in total. The number of nitrogens with one attached hydrogen (secondary N) is 1. The lowest BCUT2D eigenvalue weighted by molar-refractivity contribution is 0.0110. The molecule has 5 rings (SSSR count). The highest BCUT2D eigenvalue weighted by atomic mass is 15.2. The normalized spacial score (nSPS) is 32.6. The van der Waals surface area contributed by atoms with E-state index < -0.39 is 0 Å². The number of fused-ring (bicyclic) bond motifs is 1. The van der Waals surface area contributed by atoms with Crippen LogP contribution in [0.25, 0.3) is 11.0 Å². The standard InChI is InChI=1S/C27H42N4/c1-19-9-10-22(20(2)27(19,3)4)18-30-15-12-23(13-16-30)31-25-8-6-5-7-24(25)29-26(31)21-11-14-28-17-21/h5-8,19-23,28H,9-18H2,1-4H3/t19-,20+,21-,22+/m1/s1. The second-order valence-electron chi connectivity index (χ2n) is 11.4. The van der Waals surface area contributed by atoms with Crippen LogP contribution in [0.5, 0.6) is 0 Å². The zero-order chi connectivity index (χ0) is 21.6. The smallest absolute Gasteiger partial charge is 0.114 e. The van der Waals surface area contributed by atoms with Gasteiger partial charge in [-0.05, 0) is 74.0 Å². The van der Waals surface area contributed by atoms with Gasteiger partial charge in [0.1, 0.15) is 5.82 Å². The molecule has 0 amide bonds. The van der Waals surface area contributed by atoms with Crippen LogP contribution >= 0.6 is 0 Å². The van der Waals surface area contributed by atoms with Crippen molar-refractivity contribution in [1.82, 2.24) is 19.8 Å². The Morgan fingerprint density at radius 1 is 1.03 bits per heavy atom. The lowest BCUT2D eigenvalue weighted by Gasteiger charge is -2.48. The van der Waals surface area contributed by atoms with Crippen molar-refractivity contribution in [2.45, 2.75) is 71.8 Å². The van der Waals surface area contributed by atoms with Gasteiger partial charge in [0.2, 0.25) is 0 Å². The number of aromatic nitrogens is 2. The molecular formula is C27H42N4. The van der Waals surface area contributed by atoms with E-state index in [0.717, 1.165) is 30.8 Å². The van der Waals surface area contributed by atoms with Gasteiger partial charge in [-0.25, -0.2) is 4.98 Å². The minimum atomic E-state index is 0.473. The molecule has 0 bridgehead atoms. The van der Waals surface area contributed by atoms with Crippen molar-refractivity contribution in [3.8, 4) is 0 Å². The van der Waals surface area contributed by atoms with Crippen LogP contribution in [0.2, 0.25) is 0 Å². The van der Waals surface area contributed by atoms with Crippen molar-refractivity contribution in [2.75, 3.05) is 32.7 Å². The predicted octanol–water partition coefficient (Wildman–Crippen LogP) is 5.46. The Labute approximate surface area is 188 Å². The summed E-state index contributed by atoms with van der Waals surface area (Å²) in [6, 6.07) is 9.39. The molecule has 2 aliphatic heterocycles. The average molecular weight is 423 g/mol. The molecule has 3 aliphatic rings. The van der Waals surface area contributed by atoms with Crippen LogP contribution in [0, 0.1) is 23.2 Å². The van der Waals surface area contributed by atoms with Gasteiger partial charge in [0, 0.05) is 38.1 Å². The summed E-state index contributed by atoms with van der Waals surface area (Å²) in [4.78, 5) is 7.90. The molecule has 170 valence electrons. The van der Waals surface area contributed by atoms with Crippen molar-refractivity contribution in [2.24, 2.45) is 23.2 Å². The Balaban J connectivity index is 1.29. The molecular weight excluding hydrogens is 380 g/mol. The van der Waals surface area contributed by atoms with E-state index >= 15 is 0 Å². The minimum absolute atomic E-state index is 0.473. The summed E-state index contributed by atoms with van der Waals surface area (Å²) in [5.74, 6) is 4.42. The van der Waals surface area contributed by atoms with Gasteiger partial charge >= 0.3 is 0 Å². The molecule has 2 aromatic rings. The molecule has 4 atom stereocenters. The molecule has 0 unspecified atom stereocenters. The molecule has 2 saturated heterocycles. The fourth-order valence-corrected chi connectivity index (χ4v) is 6.69. The lowest BCUT2D eigenvalue weighted by atomic mass is 9.59. The van der Waals surface area contributed by atoms with Gasteiger partial charge in [0.15, 0.2) is 0 Å². The largest absolute Gasteiger partial charge is 0.324 e. The molecule has 4 nitrogen and oxygen atoms in total. The number of likely N-dealkylation sites (tertiary alicyclic amines) is 1. The molecule has 31 heavy (non-hydrogen) atoms. The Morgan fingerprint density at radius 3 is 2.55 bits per heavy atom. The maximum absolute atomic E-state index is 5.12. The van der Waals surface area contributed by atoms with E-state index in [9.17, 15) is 0 Å². The average Bonchev–Trinajstić information content (AvgIpc) is 3.43. The summed E-state index contributed by atoms with van der Waals surface area (Å²) in [6.45, 7) is 16.0. The second kappa shape index (κ2) is 8.51. The van der Waals surface area contributed by atoms with Gasteiger partial charge in [-0.1, -0.05) is 39.8 Å². The van der Waals surface area contributed by atoms with E-state index in [1.165, 1.54) is 68.6 Å².